The van der Waals surface area contributed by atoms with Gasteiger partial charge >= 0.3 is 0 Å². The summed E-state index contributed by atoms with van der Waals surface area (Å²) in [6.07, 6.45) is 2.49. The number of hydrazone groups is 1. The molecule has 3 nitrogen and oxygen atoms in total. The van der Waals surface area contributed by atoms with Gasteiger partial charge in [0, 0.05) is 13.3 Å². The first kappa shape index (κ1) is 7.14. The Labute approximate surface area is 49.3 Å². The Morgan fingerprint density at radius 3 is 2.50 bits per heavy atom. The van der Waals surface area contributed by atoms with Crippen LogP contribution in [-0.2, 0) is 0 Å². The molecule has 0 aliphatic rings. The Morgan fingerprint density at radius 1 is 1.75 bits per heavy atom. The summed E-state index contributed by atoms with van der Waals surface area (Å²) in [5.41, 5.74) is 0.826. The molecule has 0 aliphatic heterocycles. The zero-order valence-electron chi connectivity index (χ0n) is 5.26. The van der Waals surface area contributed by atoms with Gasteiger partial charge in [0.1, 0.15) is 0 Å². The lowest BCUT2D eigenvalue weighted by Crippen LogP contribution is -2.00. The van der Waals surface area contributed by atoms with Crippen molar-refractivity contribution in [3.05, 3.63) is 0 Å². The Balaban J connectivity index is 3.72. The first-order valence-electron chi connectivity index (χ1n) is 2.54. The molecule has 0 aromatic carbocycles. The Kier molecular flexibility index (Phi) is 3.84. The zero-order chi connectivity index (χ0) is 6.41. The molecule has 0 unspecified atom stereocenters. The third-order valence-electron chi connectivity index (χ3n) is 0.806. The molecule has 0 heterocycles. The molecule has 0 rings (SSSR count). The van der Waals surface area contributed by atoms with Crippen LogP contribution in [0.3, 0.4) is 0 Å². The van der Waals surface area contributed by atoms with Crippen molar-refractivity contribution in [1.82, 2.24) is 0 Å². The molecule has 0 aliphatic carbocycles. The minimum Gasteiger partial charge on any atom is -0.323 e. The van der Waals surface area contributed by atoms with Gasteiger partial charge in [0.2, 0.25) is 0 Å². The van der Waals surface area contributed by atoms with Crippen LogP contribution in [0.5, 0.6) is 0 Å². The van der Waals surface area contributed by atoms with Crippen LogP contribution >= 0.6 is 0 Å². The van der Waals surface area contributed by atoms with Crippen LogP contribution in [-0.4, -0.2) is 19.0 Å². The van der Waals surface area contributed by atoms with Gasteiger partial charge in [-0.3, -0.25) is 4.99 Å². The minimum absolute atomic E-state index is 0.826. The average Bonchev–Trinajstić information content (AvgIpc) is 1.83. The summed E-state index contributed by atoms with van der Waals surface area (Å²) < 4.78 is 0. The maximum atomic E-state index is 4.97. The van der Waals surface area contributed by atoms with E-state index in [9.17, 15) is 0 Å². The number of hydrogen-bond acceptors (Lipinski definition) is 3. The highest BCUT2D eigenvalue weighted by atomic mass is 15.1. The van der Waals surface area contributed by atoms with E-state index in [0.717, 1.165) is 12.1 Å². The maximum Gasteiger partial charge on any atom is 0.0775 e. The summed E-state index contributed by atoms with van der Waals surface area (Å²) in [6.45, 7) is 1.98. The third kappa shape index (κ3) is 2.34. The molecular weight excluding hydrogens is 102 g/mol. The van der Waals surface area contributed by atoms with E-state index in [0.29, 0.717) is 0 Å². The number of aliphatic imine (C=N–C) groups is 1. The molecule has 2 N–H and O–H groups in total. The van der Waals surface area contributed by atoms with Crippen molar-refractivity contribution in [2.24, 2.45) is 15.9 Å². The van der Waals surface area contributed by atoms with Crippen molar-refractivity contribution < 1.29 is 0 Å². The van der Waals surface area contributed by atoms with Gasteiger partial charge in [-0.2, -0.15) is 5.10 Å². The summed E-state index contributed by atoms with van der Waals surface area (Å²) in [5, 5.41) is 3.46. The summed E-state index contributed by atoms with van der Waals surface area (Å²) in [4.78, 5) is 3.74. The molecule has 0 aromatic rings. The van der Waals surface area contributed by atoms with Crippen LogP contribution in [0, 0.1) is 0 Å². The fraction of sp³-hybridized carbons (Fsp3) is 0.600. The molecule has 0 saturated heterocycles. The van der Waals surface area contributed by atoms with Crippen molar-refractivity contribution >= 4 is 11.9 Å². The van der Waals surface area contributed by atoms with Crippen LogP contribution in [0.4, 0.5) is 0 Å². The van der Waals surface area contributed by atoms with Gasteiger partial charge in [0.25, 0.3) is 0 Å². The lowest BCUT2D eigenvalue weighted by Gasteiger charge is -1.87. The molecule has 0 spiro atoms. The number of hydrogen-bond donors (Lipinski definition) is 1. The Bertz CT molecular complexity index is 101. The second kappa shape index (κ2) is 4.30. The van der Waals surface area contributed by atoms with Gasteiger partial charge in [-0.25, -0.2) is 0 Å². The second-order valence-electron chi connectivity index (χ2n) is 1.36. The smallest absolute Gasteiger partial charge is 0.0775 e. The molecule has 3 heteroatoms. The van der Waals surface area contributed by atoms with Crippen molar-refractivity contribution in [2.45, 2.75) is 13.3 Å². The average molecular weight is 113 g/mol. The van der Waals surface area contributed by atoms with Gasteiger partial charge in [-0.15, -0.1) is 0 Å². The van der Waals surface area contributed by atoms with Gasteiger partial charge in [-0.05, 0) is 6.42 Å². The maximum absolute atomic E-state index is 4.97. The Hall–Kier alpha value is -0.860. The number of nitrogens with zero attached hydrogens (tertiary/aromatic N) is 2. The molecular formula is C5H11N3. The minimum atomic E-state index is 0.826. The number of rotatable bonds is 2. The van der Waals surface area contributed by atoms with Crippen molar-refractivity contribution in [2.75, 3.05) is 7.05 Å². The lowest BCUT2D eigenvalue weighted by atomic mass is 10.3. The van der Waals surface area contributed by atoms with E-state index < -0.39 is 0 Å². The van der Waals surface area contributed by atoms with Crippen molar-refractivity contribution in [3.63, 3.8) is 0 Å². The van der Waals surface area contributed by atoms with E-state index in [1.165, 1.54) is 0 Å². The first-order valence-corrected chi connectivity index (χ1v) is 2.54. The fourth-order valence-corrected chi connectivity index (χ4v) is 0.365. The molecule has 0 atom stereocenters. The first-order chi connectivity index (χ1) is 3.85. The van der Waals surface area contributed by atoms with Gasteiger partial charge in [0.05, 0.1) is 5.71 Å². The molecule has 0 aromatic heterocycles. The molecule has 0 saturated carbocycles. The monoisotopic (exact) mass is 113 g/mol. The zero-order valence-corrected chi connectivity index (χ0v) is 5.26. The predicted octanol–water partition coefficient (Wildman–Crippen LogP) is 0.412. The van der Waals surface area contributed by atoms with Gasteiger partial charge in [0.15, 0.2) is 0 Å². The van der Waals surface area contributed by atoms with E-state index in [-0.39, 0.29) is 0 Å². The standard InChI is InChI=1S/C5H11N3/c1-3-5(8-6)4-7-2/h4H,3,6H2,1-2H3/b7-4?,8-5-. The molecule has 0 radical (unpaired) electrons. The van der Waals surface area contributed by atoms with E-state index >= 15 is 0 Å². The van der Waals surface area contributed by atoms with Crippen LogP contribution in [0.1, 0.15) is 13.3 Å². The quantitative estimate of drug-likeness (QED) is 0.315. The van der Waals surface area contributed by atoms with E-state index in [1.54, 1.807) is 13.3 Å². The molecule has 8 heavy (non-hydrogen) atoms. The molecule has 0 amide bonds. The lowest BCUT2D eigenvalue weighted by molar-refractivity contribution is 1.19. The van der Waals surface area contributed by atoms with Crippen molar-refractivity contribution in [3.8, 4) is 0 Å². The summed E-state index contributed by atoms with van der Waals surface area (Å²) in [6, 6.07) is 0. The summed E-state index contributed by atoms with van der Waals surface area (Å²) >= 11 is 0. The van der Waals surface area contributed by atoms with Crippen LogP contribution < -0.4 is 5.84 Å². The highest BCUT2D eigenvalue weighted by molar-refractivity contribution is 6.30. The van der Waals surface area contributed by atoms with Gasteiger partial charge < -0.3 is 5.84 Å². The fourth-order valence-electron chi connectivity index (χ4n) is 0.365. The van der Waals surface area contributed by atoms with Gasteiger partial charge in [-0.1, -0.05) is 6.92 Å². The summed E-state index contributed by atoms with van der Waals surface area (Å²) in [7, 11) is 1.70. The largest absolute Gasteiger partial charge is 0.323 e. The van der Waals surface area contributed by atoms with E-state index in [1.807, 2.05) is 6.92 Å². The second-order valence-corrected chi connectivity index (χ2v) is 1.36. The third-order valence-corrected chi connectivity index (χ3v) is 0.806. The summed E-state index contributed by atoms with van der Waals surface area (Å²) in [5.74, 6) is 4.97. The highest BCUT2D eigenvalue weighted by Gasteiger charge is 1.84. The van der Waals surface area contributed by atoms with Crippen LogP contribution in [0.15, 0.2) is 10.1 Å². The number of nitrogens with two attached hydrogens (primary N) is 1. The Morgan fingerprint density at radius 2 is 2.38 bits per heavy atom. The van der Waals surface area contributed by atoms with Crippen molar-refractivity contribution in [1.29, 1.82) is 0 Å². The van der Waals surface area contributed by atoms with E-state index in [4.69, 9.17) is 5.84 Å². The normalized spacial score (nSPS) is 13.0. The highest BCUT2D eigenvalue weighted by Crippen LogP contribution is 1.77. The van der Waals surface area contributed by atoms with E-state index in [2.05, 4.69) is 10.1 Å². The molecule has 46 valence electrons. The predicted molar refractivity (Wildman–Crippen MR) is 36.3 cm³/mol. The topological polar surface area (TPSA) is 50.7 Å². The van der Waals surface area contributed by atoms with Crippen LogP contribution in [0.2, 0.25) is 0 Å². The SMILES string of the molecule is CC/C(C=NC)=N/N. The molecule has 0 fully saturated rings. The molecule has 0 bridgehead atoms. The van der Waals surface area contributed by atoms with Crippen LogP contribution in [0.25, 0.3) is 0 Å².